The lowest BCUT2D eigenvalue weighted by atomic mass is 10.1. The molecule has 1 N–H and O–H groups in total. The molecule has 0 amide bonds. The monoisotopic (exact) mass is 523 g/mol. The first-order valence-corrected chi connectivity index (χ1v) is 12.0. The van der Waals surface area contributed by atoms with Gasteiger partial charge in [-0.25, -0.2) is 14.8 Å². The molecule has 0 radical (unpaired) electrons. The summed E-state index contributed by atoms with van der Waals surface area (Å²) >= 11 is 0. The fourth-order valence-electron chi connectivity index (χ4n) is 4.05. The number of methoxy groups -OCH3 is 2. The molecule has 0 aliphatic rings. The van der Waals surface area contributed by atoms with Crippen molar-refractivity contribution >= 4 is 28.4 Å². The summed E-state index contributed by atoms with van der Waals surface area (Å²) in [7, 11) is 3.12. The fraction of sp³-hybridized carbons (Fsp3) is 0.138. The van der Waals surface area contributed by atoms with Crippen molar-refractivity contribution in [1.29, 1.82) is 0 Å². The molecule has 0 bridgehead atoms. The fourth-order valence-corrected chi connectivity index (χ4v) is 4.05. The maximum absolute atomic E-state index is 13.2. The van der Waals surface area contributed by atoms with Crippen LogP contribution in [-0.2, 0) is 0 Å². The van der Waals surface area contributed by atoms with E-state index in [1.807, 2.05) is 25.1 Å². The molecule has 10 nitrogen and oxygen atoms in total. The number of anilines is 2. The van der Waals surface area contributed by atoms with Crippen LogP contribution >= 0.6 is 0 Å². The number of aromatic nitrogens is 4. The second kappa shape index (κ2) is 10.6. The summed E-state index contributed by atoms with van der Waals surface area (Å²) in [6.45, 7) is 3.48. The molecule has 0 fully saturated rings. The van der Waals surface area contributed by atoms with Crippen molar-refractivity contribution in [2.75, 3.05) is 19.5 Å². The molecule has 0 unspecified atom stereocenters. The lowest BCUT2D eigenvalue weighted by Crippen LogP contribution is -2.26. The second-order valence-electron chi connectivity index (χ2n) is 8.70. The van der Waals surface area contributed by atoms with Gasteiger partial charge in [0.15, 0.2) is 17.2 Å². The first-order chi connectivity index (χ1) is 18.9. The highest BCUT2D eigenvalue weighted by Crippen LogP contribution is 2.35. The minimum Gasteiger partial charge on any atom is -0.493 e. The molecule has 2 aromatic heterocycles. The number of nitrogens with one attached hydrogen (secondary N) is 1. The van der Waals surface area contributed by atoms with Gasteiger partial charge in [0.05, 0.1) is 25.4 Å². The first kappa shape index (κ1) is 25.4. The molecule has 3 aromatic carbocycles. The van der Waals surface area contributed by atoms with E-state index in [2.05, 4.69) is 20.4 Å². The number of esters is 1. The van der Waals surface area contributed by atoms with Crippen molar-refractivity contribution in [3.05, 3.63) is 100 Å². The molecule has 0 spiro atoms. The van der Waals surface area contributed by atoms with Crippen LogP contribution in [0.2, 0.25) is 0 Å². The van der Waals surface area contributed by atoms with Gasteiger partial charge in [-0.05, 0) is 49.2 Å². The predicted octanol–water partition coefficient (Wildman–Crippen LogP) is 4.77. The number of nitrogens with zero attached hydrogens (tertiary/aromatic N) is 4. The SMILES string of the molecule is COc1cc2ncnc(Nc3ccc(C)c(OC(=O)c4nn(-c5ccccc5)c(=O)cc4C)c3)c2cc1OC. The molecule has 196 valence electrons. The van der Waals surface area contributed by atoms with Crippen LogP contribution in [-0.4, -0.2) is 39.9 Å². The van der Waals surface area contributed by atoms with Gasteiger partial charge >= 0.3 is 5.97 Å². The summed E-state index contributed by atoms with van der Waals surface area (Å²) in [6.07, 6.45) is 1.45. The van der Waals surface area contributed by atoms with E-state index in [0.717, 1.165) is 10.9 Å². The third kappa shape index (κ3) is 5.12. The summed E-state index contributed by atoms with van der Waals surface area (Å²) in [5, 5.41) is 8.28. The highest BCUT2D eigenvalue weighted by atomic mass is 16.5. The van der Waals surface area contributed by atoms with E-state index < -0.39 is 5.97 Å². The number of carbonyl (C=O) groups is 1. The Labute approximate surface area is 223 Å². The Morgan fingerprint density at radius 3 is 2.33 bits per heavy atom. The molecule has 5 rings (SSSR count). The average molecular weight is 524 g/mol. The summed E-state index contributed by atoms with van der Waals surface area (Å²) in [6, 6.07) is 19.2. The van der Waals surface area contributed by atoms with Crippen LogP contribution in [0.25, 0.3) is 16.6 Å². The van der Waals surface area contributed by atoms with E-state index in [0.29, 0.717) is 45.5 Å². The van der Waals surface area contributed by atoms with E-state index in [4.69, 9.17) is 14.2 Å². The van der Waals surface area contributed by atoms with Crippen molar-refractivity contribution in [3.8, 4) is 22.9 Å². The Hall–Kier alpha value is -5.25. The minimum atomic E-state index is -0.679. The van der Waals surface area contributed by atoms with E-state index in [9.17, 15) is 9.59 Å². The normalized spacial score (nSPS) is 10.8. The quantitative estimate of drug-likeness (QED) is 0.238. The van der Waals surface area contributed by atoms with Crippen LogP contribution in [0.1, 0.15) is 21.6 Å². The molecule has 5 aromatic rings. The van der Waals surface area contributed by atoms with Crippen molar-refractivity contribution < 1.29 is 19.0 Å². The molecular formula is C29H25N5O5. The molecular weight excluding hydrogens is 498 g/mol. The molecule has 0 atom stereocenters. The van der Waals surface area contributed by atoms with Crippen molar-refractivity contribution in [3.63, 3.8) is 0 Å². The number of rotatable bonds is 7. The van der Waals surface area contributed by atoms with Gasteiger partial charge in [0.1, 0.15) is 17.9 Å². The Kier molecular flexibility index (Phi) is 6.92. The Bertz CT molecular complexity index is 1750. The van der Waals surface area contributed by atoms with Crippen molar-refractivity contribution in [1.82, 2.24) is 19.7 Å². The number of hydrogen-bond donors (Lipinski definition) is 1. The van der Waals surface area contributed by atoms with Gasteiger partial charge in [-0.3, -0.25) is 4.79 Å². The van der Waals surface area contributed by atoms with Crippen molar-refractivity contribution in [2.45, 2.75) is 13.8 Å². The van der Waals surface area contributed by atoms with Crippen LogP contribution in [0.3, 0.4) is 0 Å². The highest BCUT2D eigenvalue weighted by molar-refractivity contribution is 5.93. The summed E-state index contributed by atoms with van der Waals surface area (Å²) in [4.78, 5) is 34.4. The summed E-state index contributed by atoms with van der Waals surface area (Å²) in [5.41, 5.74) is 2.70. The number of hydrogen-bond acceptors (Lipinski definition) is 9. The largest absolute Gasteiger partial charge is 0.493 e. The Morgan fingerprint density at radius 2 is 1.59 bits per heavy atom. The number of fused-ring (bicyclic) bond motifs is 1. The smallest absolute Gasteiger partial charge is 0.364 e. The number of carbonyl (C=O) groups excluding carboxylic acids is 1. The summed E-state index contributed by atoms with van der Waals surface area (Å²) in [5.74, 6) is 1.29. The average Bonchev–Trinajstić information content (AvgIpc) is 2.94. The zero-order valence-electron chi connectivity index (χ0n) is 21.8. The molecule has 0 aliphatic carbocycles. The van der Waals surface area contributed by atoms with Crippen molar-refractivity contribution in [2.24, 2.45) is 0 Å². The zero-order valence-corrected chi connectivity index (χ0v) is 21.8. The molecule has 0 saturated carbocycles. The standard InChI is InChI=1S/C29H25N5O5/c1-17-10-11-19(32-28-21-14-24(37-3)25(38-4)15-22(21)30-16-31-28)13-23(17)39-29(36)27-18(2)12-26(35)34(33-27)20-8-6-5-7-9-20/h5-16H,1-4H3,(H,30,31,32). The lowest BCUT2D eigenvalue weighted by molar-refractivity contribution is 0.0724. The molecule has 10 heteroatoms. The predicted molar refractivity (Wildman–Crippen MR) is 147 cm³/mol. The zero-order chi connectivity index (χ0) is 27.5. The van der Waals surface area contributed by atoms with Crippen LogP contribution in [0.5, 0.6) is 17.2 Å². The van der Waals surface area contributed by atoms with Gasteiger partial charge in [-0.2, -0.15) is 9.78 Å². The maximum atomic E-state index is 13.2. The lowest BCUT2D eigenvalue weighted by Gasteiger charge is -2.14. The molecule has 0 saturated heterocycles. The van der Waals surface area contributed by atoms with E-state index >= 15 is 0 Å². The minimum absolute atomic E-state index is 0.0408. The maximum Gasteiger partial charge on any atom is 0.364 e. The number of para-hydroxylation sites is 1. The van der Waals surface area contributed by atoms with Crippen LogP contribution in [0.15, 0.2) is 77.9 Å². The van der Waals surface area contributed by atoms with Crippen LogP contribution in [0.4, 0.5) is 11.5 Å². The van der Waals surface area contributed by atoms with Gasteiger partial charge in [0.2, 0.25) is 0 Å². The topological polar surface area (TPSA) is 117 Å². The van der Waals surface area contributed by atoms with Gasteiger partial charge in [-0.1, -0.05) is 24.3 Å². The van der Waals surface area contributed by atoms with Crippen LogP contribution in [0, 0.1) is 13.8 Å². The third-order valence-electron chi connectivity index (χ3n) is 6.11. The third-order valence-corrected chi connectivity index (χ3v) is 6.11. The summed E-state index contributed by atoms with van der Waals surface area (Å²) < 4.78 is 17.7. The van der Waals surface area contributed by atoms with Gasteiger partial charge in [0, 0.05) is 29.3 Å². The molecule has 2 heterocycles. The second-order valence-corrected chi connectivity index (χ2v) is 8.70. The molecule has 0 aliphatic heterocycles. The Balaban J connectivity index is 1.45. The van der Waals surface area contributed by atoms with E-state index in [1.54, 1.807) is 63.6 Å². The van der Waals surface area contributed by atoms with E-state index in [-0.39, 0.29) is 11.3 Å². The van der Waals surface area contributed by atoms with E-state index in [1.165, 1.54) is 17.1 Å². The van der Waals surface area contributed by atoms with Crippen LogP contribution < -0.4 is 25.1 Å². The first-order valence-electron chi connectivity index (χ1n) is 12.0. The Morgan fingerprint density at radius 1 is 0.846 bits per heavy atom. The number of aryl methyl sites for hydroxylation is 2. The van der Waals surface area contributed by atoms with Gasteiger partial charge < -0.3 is 19.5 Å². The number of benzene rings is 3. The highest BCUT2D eigenvalue weighted by Gasteiger charge is 2.19. The number of ether oxygens (including phenoxy) is 3. The van der Waals surface area contributed by atoms with Gasteiger partial charge in [0.25, 0.3) is 5.56 Å². The molecule has 39 heavy (non-hydrogen) atoms. The van der Waals surface area contributed by atoms with Gasteiger partial charge in [-0.15, -0.1) is 0 Å².